The molecule has 0 bridgehead atoms. The molecule has 0 atom stereocenters. The first-order valence-electron chi connectivity index (χ1n) is 14.3. The first kappa shape index (κ1) is 27.5. The minimum absolute atomic E-state index is 0.0229. The molecule has 1 aliphatic heterocycles. The van der Waals surface area contributed by atoms with Crippen molar-refractivity contribution in [2.75, 3.05) is 20.2 Å². The number of hydrogen-bond donors (Lipinski definition) is 0. The van der Waals surface area contributed by atoms with Gasteiger partial charge in [0.05, 0.1) is 18.1 Å². The van der Waals surface area contributed by atoms with Crippen LogP contribution in [0.1, 0.15) is 51.6 Å². The zero-order chi connectivity index (χ0) is 29.1. The van der Waals surface area contributed by atoms with E-state index >= 15 is 0 Å². The van der Waals surface area contributed by atoms with Crippen molar-refractivity contribution >= 4 is 16.9 Å². The van der Waals surface area contributed by atoms with Crippen molar-refractivity contribution in [1.29, 1.82) is 0 Å². The molecule has 0 unspecified atom stereocenters. The highest BCUT2D eigenvalue weighted by Gasteiger charge is 2.28. The number of imidazole rings is 1. The summed E-state index contributed by atoms with van der Waals surface area (Å²) in [6.07, 6.45) is 1.60. The number of likely N-dealkylation sites (tertiary alicyclic amines) is 1. The van der Waals surface area contributed by atoms with E-state index < -0.39 is 0 Å². The lowest BCUT2D eigenvalue weighted by atomic mass is 9.95. The number of methoxy groups -OCH3 is 1. The molecule has 214 valence electrons. The Hall–Kier alpha value is -4.65. The molecule has 1 fully saturated rings. The summed E-state index contributed by atoms with van der Waals surface area (Å²) in [6.45, 7) is 4.27. The number of amides is 1. The predicted octanol–water partition coefficient (Wildman–Crippen LogP) is 7.14. The Morgan fingerprint density at radius 1 is 0.905 bits per heavy atom. The molecule has 5 aromatic rings. The van der Waals surface area contributed by atoms with Crippen molar-refractivity contribution in [3.63, 3.8) is 0 Å². The van der Waals surface area contributed by atoms with E-state index in [1.807, 2.05) is 47.4 Å². The minimum Gasteiger partial charge on any atom is -0.493 e. The number of rotatable bonds is 8. The first-order chi connectivity index (χ1) is 20.5. The van der Waals surface area contributed by atoms with Crippen LogP contribution in [0.5, 0.6) is 11.5 Å². The number of benzene rings is 4. The van der Waals surface area contributed by atoms with E-state index in [0.29, 0.717) is 43.3 Å². The summed E-state index contributed by atoms with van der Waals surface area (Å²) in [5.41, 5.74) is 5.69. The molecule has 7 heteroatoms. The van der Waals surface area contributed by atoms with Crippen molar-refractivity contribution in [1.82, 2.24) is 14.5 Å². The van der Waals surface area contributed by atoms with E-state index in [1.165, 1.54) is 11.6 Å². The lowest BCUT2D eigenvalue weighted by Crippen LogP contribution is -2.38. The van der Waals surface area contributed by atoms with Gasteiger partial charge in [0.15, 0.2) is 11.5 Å². The minimum atomic E-state index is -0.243. The van der Waals surface area contributed by atoms with Crippen LogP contribution in [0.25, 0.3) is 11.0 Å². The van der Waals surface area contributed by atoms with E-state index in [1.54, 1.807) is 31.4 Å². The fraction of sp³-hybridized carbons (Fsp3) is 0.257. The SMILES string of the molecule is COc1cc(C(=O)N2CCC(c3nc4ccccc4n3Cc3cccc(F)c3)CC2)ccc1OCc1cccc(C)c1. The lowest BCUT2D eigenvalue weighted by Gasteiger charge is -2.32. The Bertz CT molecular complexity index is 1720. The van der Waals surface area contributed by atoms with Gasteiger partial charge in [-0.05, 0) is 73.4 Å². The molecule has 0 spiro atoms. The number of piperidine rings is 1. The van der Waals surface area contributed by atoms with Gasteiger partial charge in [-0.15, -0.1) is 0 Å². The van der Waals surface area contributed by atoms with Gasteiger partial charge in [-0.2, -0.15) is 0 Å². The molecular formula is C35H34FN3O3. The number of halogens is 1. The summed E-state index contributed by atoms with van der Waals surface area (Å²) in [5, 5.41) is 0. The third-order valence-electron chi connectivity index (χ3n) is 7.95. The largest absolute Gasteiger partial charge is 0.493 e. The molecule has 0 aliphatic carbocycles. The van der Waals surface area contributed by atoms with Crippen molar-refractivity contribution in [2.24, 2.45) is 0 Å². The molecule has 0 saturated carbocycles. The molecule has 0 radical (unpaired) electrons. The molecule has 1 aromatic heterocycles. The molecule has 0 N–H and O–H groups in total. The third-order valence-corrected chi connectivity index (χ3v) is 7.95. The maximum atomic E-state index is 13.9. The van der Waals surface area contributed by atoms with Crippen LogP contribution >= 0.6 is 0 Å². The van der Waals surface area contributed by atoms with Crippen molar-refractivity contribution < 1.29 is 18.7 Å². The van der Waals surface area contributed by atoms with Gasteiger partial charge >= 0.3 is 0 Å². The van der Waals surface area contributed by atoms with Gasteiger partial charge in [0.25, 0.3) is 5.91 Å². The number of hydrogen-bond acceptors (Lipinski definition) is 4. The van der Waals surface area contributed by atoms with Gasteiger partial charge in [0.1, 0.15) is 18.2 Å². The third kappa shape index (κ3) is 5.86. The maximum absolute atomic E-state index is 13.9. The Balaban J connectivity index is 1.15. The van der Waals surface area contributed by atoms with Gasteiger partial charge in [-0.1, -0.05) is 54.1 Å². The topological polar surface area (TPSA) is 56.6 Å². The molecule has 6 rings (SSSR count). The fourth-order valence-electron chi connectivity index (χ4n) is 5.80. The smallest absolute Gasteiger partial charge is 0.253 e. The molecule has 1 aliphatic rings. The Kier molecular flexibility index (Phi) is 7.91. The molecule has 42 heavy (non-hydrogen) atoms. The Labute approximate surface area is 245 Å². The monoisotopic (exact) mass is 563 g/mol. The molecule has 4 aromatic carbocycles. The summed E-state index contributed by atoms with van der Waals surface area (Å²) in [5.74, 6) is 2.06. The van der Waals surface area contributed by atoms with Gasteiger partial charge in [0, 0.05) is 31.1 Å². The molecular weight excluding hydrogens is 529 g/mol. The average Bonchev–Trinajstić information content (AvgIpc) is 3.38. The van der Waals surface area contributed by atoms with Crippen LogP contribution in [0.3, 0.4) is 0 Å². The summed E-state index contributed by atoms with van der Waals surface area (Å²) in [6, 6.07) is 28.3. The second-order valence-electron chi connectivity index (χ2n) is 10.9. The number of carbonyl (C=O) groups is 1. The van der Waals surface area contributed by atoms with Crippen molar-refractivity contribution in [2.45, 2.75) is 38.8 Å². The fourth-order valence-corrected chi connectivity index (χ4v) is 5.80. The normalized spacial score (nSPS) is 13.8. The van der Waals surface area contributed by atoms with Crippen LogP contribution < -0.4 is 9.47 Å². The van der Waals surface area contributed by atoms with E-state index in [-0.39, 0.29) is 17.6 Å². The second-order valence-corrected chi connectivity index (χ2v) is 10.9. The standard InChI is InChI=1S/C35H34FN3O3/c1-24-7-5-9-26(19-24)23-42-32-14-13-28(21-33(32)41-2)35(40)38-17-15-27(16-18-38)34-37-30-11-3-4-12-31(30)39(34)22-25-8-6-10-29(36)20-25/h3-14,19-21,27H,15-18,22-23H2,1-2H3. The van der Waals surface area contributed by atoms with Crippen LogP contribution in [0.2, 0.25) is 0 Å². The number of para-hydroxylation sites is 2. The van der Waals surface area contributed by atoms with Gasteiger partial charge < -0.3 is 18.9 Å². The van der Waals surface area contributed by atoms with Crippen LogP contribution in [-0.4, -0.2) is 40.6 Å². The van der Waals surface area contributed by atoms with Crippen molar-refractivity contribution in [3.8, 4) is 11.5 Å². The molecule has 6 nitrogen and oxygen atoms in total. The van der Waals surface area contributed by atoms with Crippen LogP contribution in [0.4, 0.5) is 4.39 Å². The molecule has 1 amide bonds. The quantitative estimate of drug-likeness (QED) is 0.201. The molecule has 1 saturated heterocycles. The number of carbonyl (C=O) groups excluding carboxylic acids is 1. The second kappa shape index (κ2) is 12.1. The van der Waals surface area contributed by atoms with Crippen LogP contribution in [0.15, 0.2) is 91.0 Å². The van der Waals surface area contributed by atoms with Crippen LogP contribution in [0, 0.1) is 12.7 Å². The maximum Gasteiger partial charge on any atom is 0.253 e. The van der Waals surface area contributed by atoms with E-state index in [0.717, 1.165) is 40.8 Å². The number of aryl methyl sites for hydroxylation is 1. The zero-order valence-corrected chi connectivity index (χ0v) is 23.9. The predicted molar refractivity (Wildman–Crippen MR) is 162 cm³/mol. The number of aromatic nitrogens is 2. The van der Waals surface area contributed by atoms with Gasteiger partial charge in [0.2, 0.25) is 0 Å². The highest BCUT2D eigenvalue weighted by atomic mass is 19.1. The van der Waals surface area contributed by atoms with Crippen LogP contribution in [-0.2, 0) is 13.2 Å². The van der Waals surface area contributed by atoms with Gasteiger partial charge in [-0.25, -0.2) is 9.37 Å². The summed E-state index contributed by atoms with van der Waals surface area (Å²) in [7, 11) is 1.59. The van der Waals surface area contributed by atoms with E-state index in [2.05, 4.69) is 29.7 Å². The zero-order valence-electron chi connectivity index (χ0n) is 23.9. The lowest BCUT2D eigenvalue weighted by molar-refractivity contribution is 0.0710. The first-order valence-corrected chi connectivity index (χ1v) is 14.3. The summed E-state index contributed by atoms with van der Waals surface area (Å²) < 4.78 is 27.7. The van der Waals surface area contributed by atoms with E-state index in [9.17, 15) is 9.18 Å². The van der Waals surface area contributed by atoms with Gasteiger partial charge in [-0.3, -0.25) is 4.79 Å². The van der Waals surface area contributed by atoms with Crippen molar-refractivity contribution in [3.05, 3.63) is 125 Å². The number of nitrogens with zero attached hydrogens (tertiary/aromatic N) is 3. The number of fused-ring (bicyclic) bond motifs is 1. The Morgan fingerprint density at radius 2 is 1.69 bits per heavy atom. The number of ether oxygens (including phenoxy) is 2. The molecule has 2 heterocycles. The highest BCUT2D eigenvalue weighted by molar-refractivity contribution is 5.95. The summed E-state index contributed by atoms with van der Waals surface area (Å²) >= 11 is 0. The summed E-state index contributed by atoms with van der Waals surface area (Å²) in [4.78, 5) is 20.4. The highest BCUT2D eigenvalue weighted by Crippen LogP contribution is 2.33. The Morgan fingerprint density at radius 3 is 2.48 bits per heavy atom. The van der Waals surface area contributed by atoms with E-state index in [4.69, 9.17) is 14.5 Å². The average molecular weight is 564 g/mol.